The van der Waals surface area contributed by atoms with Gasteiger partial charge in [-0.25, -0.2) is 0 Å². The molecule has 1 amide bonds. The van der Waals surface area contributed by atoms with E-state index in [2.05, 4.69) is 33.9 Å². The number of H-pyrrole nitrogens is 1. The molecule has 2 N–H and O–H groups in total. The molecule has 0 saturated carbocycles. The zero-order chi connectivity index (χ0) is 12.5. The van der Waals surface area contributed by atoms with Crippen LogP contribution >= 0.6 is 11.8 Å². The number of aromatic amines is 1. The van der Waals surface area contributed by atoms with Crippen molar-refractivity contribution >= 4 is 29.1 Å². The van der Waals surface area contributed by atoms with Crippen molar-refractivity contribution in [2.24, 2.45) is 0 Å². The van der Waals surface area contributed by atoms with Gasteiger partial charge in [-0.3, -0.25) is 9.89 Å². The van der Waals surface area contributed by atoms with Gasteiger partial charge in [0.25, 0.3) is 0 Å². The summed E-state index contributed by atoms with van der Waals surface area (Å²) in [7, 11) is 0. The van der Waals surface area contributed by atoms with Crippen LogP contribution in [-0.4, -0.2) is 28.1 Å². The van der Waals surface area contributed by atoms with Crippen molar-refractivity contribution < 1.29 is 4.79 Å². The molecule has 94 valence electrons. The number of hydrogen-bond donors (Lipinski definition) is 2. The highest BCUT2D eigenvalue weighted by Gasteiger charge is 2.30. The highest BCUT2D eigenvalue weighted by Crippen LogP contribution is 2.39. The molecule has 4 nitrogen and oxygen atoms in total. The average Bonchev–Trinajstić information content (AvgIpc) is 2.67. The van der Waals surface area contributed by atoms with Crippen molar-refractivity contribution in [1.29, 1.82) is 0 Å². The van der Waals surface area contributed by atoms with Gasteiger partial charge < -0.3 is 5.32 Å². The van der Waals surface area contributed by atoms with Crippen molar-refractivity contribution in [1.82, 2.24) is 10.2 Å². The number of amides is 1. The Morgan fingerprint density at radius 3 is 3.06 bits per heavy atom. The Morgan fingerprint density at radius 1 is 1.56 bits per heavy atom. The summed E-state index contributed by atoms with van der Waals surface area (Å²) in [4.78, 5) is 11.7. The molecule has 1 unspecified atom stereocenters. The fraction of sp³-hybridized carbons (Fsp3) is 0.385. The average molecular weight is 261 g/mol. The lowest BCUT2D eigenvalue weighted by molar-refractivity contribution is -0.116. The predicted octanol–water partition coefficient (Wildman–Crippen LogP) is 2.54. The van der Waals surface area contributed by atoms with Gasteiger partial charge in [-0.05, 0) is 29.9 Å². The maximum Gasteiger partial charge on any atom is 0.226 e. The third kappa shape index (κ3) is 1.88. The van der Waals surface area contributed by atoms with E-state index in [1.165, 1.54) is 11.1 Å². The van der Waals surface area contributed by atoms with Crippen LogP contribution in [0.25, 0.3) is 5.57 Å². The summed E-state index contributed by atoms with van der Waals surface area (Å²) in [6.07, 6.45) is 9.83. The first kappa shape index (κ1) is 11.6. The number of aromatic nitrogens is 2. The van der Waals surface area contributed by atoms with E-state index in [1.54, 1.807) is 0 Å². The van der Waals surface area contributed by atoms with E-state index in [4.69, 9.17) is 0 Å². The molecule has 3 rings (SSSR count). The monoisotopic (exact) mass is 261 g/mol. The summed E-state index contributed by atoms with van der Waals surface area (Å²) in [6.45, 7) is 0. The molecule has 1 aliphatic carbocycles. The van der Waals surface area contributed by atoms with Crippen molar-refractivity contribution in [2.45, 2.75) is 18.8 Å². The van der Waals surface area contributed by atoms with Crippen LogP contribution in [-0.2, 0) is 4.79 Å². The molecule has 0 aromatic carbocycles. The summed E-state index contributed by atoms with van der Waals surface area (Å²) in [5, 5.41) is 10.1. The van der Waals surface area contributed by atoms with Gasteiger partial charge in [0.2, 0.25) is 5.91 Å². The minimum atomic E-state index is 0.0739. The minimum Gasteiger partial charge on any atom is -0.309 e. The van der Waals surface area contributed by atoms with Crippen molar-refractivity contribution in [3.05, 3.63) is 29.5 Å². The molecular weight excluding hydrogens is 246 g/mol. The normalized spacial score (nSPS) is 21.1. The molecule has 0 bridgehead atoms. The summed E-state index contributed by atoms with van der Waals surface area (Å²) in [5.74, 6) is 2.14. The smallest absolute Gasteiger partial charge is 0.226 e. The van der Waals surface area contributed by atoms with Gasteiger partial charge in [-0.15, -0.1) is 0 Å². The molecule has 18 heavy (non-hydrogen) atoms. The zero-order valence-corrected chi connectivity index (χ0v) is 11.0. The van der Waals surface area contributed by atoms with Crippen LogP contribution in [0, 0.1) is 0 Å². The molecule has 1 atom stereocenters. The van der Waals surface area contributed by atoms with Crippen LogP contribution in [0.2, 0.25) is 0 Å². The van der Waals surface area contributed by atoms with Crippen LogP contribution in [0.1, 0.15) is 30.0 Å². The van der Waals surface area contributed by atoms with Crippen molar-refractivity contribution in [3.63, 3.8) is 0 Å². The molecule has 0 spiro atoms. The third-order valence-electron chi connectivity index (χ3n) is 3.41. The Kier molecular flexibility index (Phi) is 2.99. The van der Waals surface area contributed by atoms with E-state index in [-0.39, 0.29) is 11.8 Å². The summed E-state index contributed by atoms with van der Waals surface area (Å²) < 4.78 is 0. The lowest BCUT2D eigenvalue weighted by Crippen LogP contribution is -2.23. The second kappa shape index (κ2) is 4.65. The molecular formula is C13H15N3OS. The first-order valence-corrected chi connectivity index (χ1v) is 7.44. The van der Waals surface area contributed by atoms with E-state index >= 15 is 0 Å². The maximum atomic E-state index is 11.7. The molecule has 2 heterocycles. The van der Waals surface area contributed by atoms with Crippen LogP contribution in [0.4, 0.5) is 5.82 Å². The van der Waals surface area contributed by atoms with E-state index in [1.807, 2.05) is 17.8 Å². The maximum absolute atomic E-state index is 11.7. The van der Waals surface area contributed by atoms with Crippen molar-refractivity contribution in [2.75, 3.05) is 17.3 Å². The standard InChI is InChI=1S/C13H15N3OS/c1-18-6-5-9-7-10(17)14-13-11(9)12(15-16-13)8-3-2-4-8/h2-4,9H,5-7H2,1H3,(H2,14,15,16,17). The second-order valence-electron chi connectivity index (χ2n) is 4.57. The Bertz CT molecular complexity index is 544. The van der Waals surface area contributed by atoms with Gasteiger partial charge in [0.15, 0.2) is 5.82 Å². The summed E-state index contributed by atoms with van der Waals surface area (Å²) in [6, 6.07) is 0. The fourth-order valence-corrected chi connectivity index (χ4v) is 2.96. The number of nitrogens with zero attached hydrogens (tertiary/aromatic N) is 1. The van der Waals surface area contributed by atoms with Gasteiger partial charge in [-0.2, -0.15) is 16.9 Å². The minimum absolute atomic E-state index is 0.0739. The number of hydrogen-bond acceptors (Lipinski definition) is 3. The number of fused-ring (bicyclic) bond motifs is 1. The second-order valence-corrected chi connectivity index (χ2v) is 5.56. The highest BCUT2D eigenvalue weighted by atomic mass is 32.2. The van der Waals surface area contributed by atoms with Gasteiger partial charge in [-0.1, -0.05) is 18.2 Å². The molecule has 0 fully saturated rings. The largest absolute Gasteiger partial charge is 0.309 e. The highest BCUT2D eigenvalue weighted by molar-refractivity contribution is 7.98. The third-order valence-corrected chi connectivity index (χ3v) is 4.06. The van der Waals surface area contributed by atoms with E-state index in [0.29, 0.717) is 12.2 Å². The number of rotatable bonds is 4. The number of thioether (sulfide) groups is 1. The lowest BCUT2D eigenvalue weighted by atomic mass is 9.87. The molecule has 2 aliphatic rings. The molecule has 0 saturated heterocycles. The fourth-order valence-electron chi connectivity index (χ4n) is 2.44. The first-order valence-electron chi connectivity index (χ1n) is 6.05. The molecule has 0 radical (unpaired) electrons. The van der Waals surface area contributed by atoms with Gasteiger partial charge >= 0.3 is 0 Å². The quantitative estimate of drug-likeness (QED) is 0.875. The van der Waals surface area contributed by atoms with Crippen LogP contribution in [0.15, 0.2) is 18.2 Å². The summed E-state index contributed by atoms with van der Waals surface area (Å²) in [5.41, 5.74) is 3.42. The van der Waals surface area contributed by atoms with E-state index < -0.39 is 0 Å². The summed E-state index contributed by atoms with van der Waals surface area (Å²) >= 11 is 1.82. The zero-order valence-electron chi connectivity index (χ0n) is 10.2. The van der Waals surface area contributed by atoms with Gasteiger partial charge in [0.05, 0.1) is 5.69 Å². The van der Waals surface area contributed by atoms with Crippen LogP contribution < -0.4 is 5.32 Å². The molecule has 1 aromatic heterocycles. The Labute approximate surface area is 110 Å². The lowest BCUT2D eigenvalue weighted by Gasteiger charge is -2.23. The number of carbonyl (C=O) groups is 1. The van der Waals surface area contributed by atoms with Gasteiger partial charge in [0, 0.05) is 12.0 Å². The predicted molar refractivity (Wildman–Crippen MR) is 74.7 cm³/mol. The number of nitrogens with one attached hydrogen (secondary N) is 2. The van der Waals surface area contributed by atoms with Crippen LogP contribution in [0.5, 0.6) is 0 Å². The number of carbonyl (C=O) groups excluding carboxylic acids is 1. The van der Waals surface area contributed by atoms with E-state index in [0.717, 1.165) is 17.9 Å². The topological polar surface area (TPSA) is 57.8 Å². The SMILES string of the molecule is CSCCC1CC(=O)Nc2n[nH]c(C3=CC=C3)c21. The van der Waals surface area contributed by atoms with Crippen LogP contribution in [0.3, 0.4) is 0 Å². The molecule has 1 aliphatic heterocycles. The molecule has 1 aromatic rings. The van der Waals surface area contributed by atoms with Crippen molar-refractivity contribution in [3.8, 4) is 0 Å². The Morgan fingerprint density at radius 2 is 2.39 bits per heavy atom. The van der Waals surface area contributed by atoms with Gasteiger partial charge in [0.1, 0.15) is 0 Å². The number of allylic oxidation sites excluding steroid dienone is 4. The number of anilines is 1. The molecule has 5 heteroatoms. The first-order chi connectivity index (χ1) is 8.79. The Hall–Kier alpha value is -1.49. The Balaban J connectivity index is 1.94. The van der Waals surface area contributed by atoms with E-state index in [9.17, 15) is 4.79 Å².